The molecule has 56 valence electrons. The second-order valence-electron chi connectivity index (χ2n) is 2.98. The van der Waals surface area contributed by atoms with Crippen LogP contribution in [0.25, 0.3) is 0 Å². The van der Waals surface area contributed by atoms with Gasteiger partial charge in [0.25, 0.3) is 6.02 Å². The van der Waals surface area contributed by atoms with Crippen molar-refractivity contribution in [3.8, 4) is 0 Å². The molecule has 1 heterocycles. The molecule has 10 heavy (non-hydrogen) atoms. The van der Waals surface area contributed by atoms with E-state index < -0.39 is 0 Å². The van der Waals surface area contributed by atoms with Crippen molar-refractivity contribution in [2.45, 2.75) is 37.8 Å². The Kier molecular flexibility index (Phi) is 1.29. The number of aliphatic imine (C=N–C) groups is 1. The summed E-state index contributed by atoms with van der Waals surface area (Å²) in [5.41, 5.74) is 5.42. The zero-order chi connectivity index (χ0) is 6.97. The van der Waals surface area contributed by atoms with Crippen LogP contribution in [0, 0.1) is 0 Å². The quantitative estimate of drug-likeness (QED) is 0.536. The van der Waals surface area contributed by atoms with Crippen molar-refractivity contribution in [3.63, 3.8) is 0 Å². The van der Waals surface area contributed by atoms with Gasteiger partial charge < -0.3 is 10.5 Å². The highest BCUT2D eigenvalue weighted by Gasteiger charge is 2.31. The minimum Gasteiger partial charge on any atom is -0.460 e. The molecule has 2 atom stereocenters. The molecular weight excluding hydrogens is 128 g/mol. The molecule has 0 saturated heterocycles. The zero-order valence-electron chi connectivity index (χ0n) is 5.92. The standard InChI is InChI=1S/C7H12N2O/c8-7-9-5-3-1-2-4-6(5)10-7/h5-6H,1-4H2,(H2,8,9)/t5-,6-/m0/s1. The first-order valence-corrected chi connectivity index (χ1v) is 3.86. The molecule has 2 aliphatic rings. The van der Waals surface area contributed by atoms with Gasteiger partial charge in [0.05, 0.1) is 6.04 Å². The predicted molar refractivity (Wildman–Crippen MR) is 38.8 cm³/mol. The Morgan fingerprint density at radius 3 is 3.00 bits per heavy atom. The fourth-order valence-corrected chi connectivity index (χ4v) is 1.71. The highest BCUT2D eigenvalue weighted by molar-refractivity contribution is 5.73. The van der Waals surface area contributed by atoms with E-state index in [-0.39, 0.29) is 0 Å². The summed E-state index contributed by atoms with van der Waals surface area (Å²) in [6, 6.07) is 0.783. The monoisotopic (exact) mass is 140 g/mol. The predicted octanol–water partition coefficient (Wildman–Crippen LogP) is 0.642. The highest BCUT2D eigenvalue weighted by atomic mass is 16.5. The summed E-state index contributed by atoms with van der Waals surface area (Å²) in [6.45, 7) is 0. The Morgan fingerprint density at radius 2 is 2.20 bits per heavy atom. The first-order valence-electron chi connectivity index (χ1n) is 3.86. The molecule has 0 bridgehead atoms. The van der Waals surface area contributed by atoms with E-state index in [9.17, 15) is 0 Å². The second-order valence-corrected chi connectivity index (χ2v) is 2.98. The average molecular weight is 140 g/mol. The minimum absolute atomic E-state index is 0.314. The van der Waals surface area contributed by atoms with E-state index in [0.29, 0.717) is 18.2 Å². The van der Waals surface area contributed by atoms with E-state index in [1.807, 2.05) is 0 Å². The molecule has 0 unspecified atom stereocenters. The van der Waals surface area contributed by atoms with Gasteiger partial charge in [-0.2, -0.15) is 0 Å². The number of rotatable bonds is 0. The summed E-state index contributed by atoms with van der Waals surface area (Å²) in [4.78, 5) is 4.18. The van der Waals surface area contributed by atoms with Gasteiger partial charge in [0.2, 0.25) is 0 Å². The summed E-state index contributed by atoms with van der Waals surface area (Å²) in [6.07, 6.45) is 5.15. The molecule has 0 aromatic heterocycles. The van der Waals surface area contributed by atoms with Gasteiger partial charge in [-0.15, -0.1) is 0 Å². The molecule has 0 aromatic carbocycles. The number of fused-ring (bicyclic) bond motifs is 1. The van der Waals surface area contributed by atoms with Gasteiger partial charge >= 0.3 is 0 Å². The van der Waals surface area contributed by atoms with Crippen LogP contribution in [0.1, 0.15) is 25.7 Å². The summed E-state index contributed by atoms with van der Waals surface area (Å²) in [5, 5.41) is 0. The van der Waals surface area contributed by atoms with E-state index in [4.69, 9.17) is 10.5 Å². The van der Waals surface area contributed by atoms with Crippen LogP contribution in [-0.2, 0) is 4.74 Å². The third-order valence-corrected chi connectivity index (χ3v) is 2.23. The van der Waals surface area contributed by atoms with Crippen molar-refractivity contribution >= 4 is 6.02 Å². The zero-order valence-corrected chi connectivity index (χ0v) is 5.92. The maximum Gasteiger partial charge on any atom is 0.282 e. The number of amidine groups is 1. The van der Waals surface area contributed by atoms with Crippen molar-refractivity contribution in [1.29, 1.82) is 0 Å². The molecule has 1 fully saturated rings. The summed E-state index contributed by atoms with van der Waals surface area (Å²) >= 11 is 0. The fraction of sp³-hybridized carbons (Fsp3) is 0.857. The summed E-state index contributed by atoms with van der Waals surface area (Å²) in [5.74, 6) is 0. The Labute approximate surface area is 60.3 Å². The van der Waals surface area contributed by atoms with Crippen LogP contribution in [-0.4, -0.2) is 18.2 Å². The van der Waals surface area contributed by atoms with E-state index >= 15 is 0 Å². The lowest BCUT2D eigenvalue weighted by Gasteiger charge is -2.21. The first-order chi connectivity index (χ1) is 4.86. The smallest absolute Gasteiger partial charge is 0.282 e. The highest BCUT2D eigenvalue weighted by Crippen LogP contribution is 2.27. The fourth-order valence-electron chi connectivity index (χ4n) is 1.71. The lowest BCUT2D eigenvalue weighted by Crippen LogP contribution is -2.26. The third-order valence-electron chi connectivity index (χ3n) is 2.23. The van der Waals surface area contributed by atoms with Crippen LogP contribution in [0.4, 0.5) is 0 Å². The van der Waals surface area contributed by atoms with Crippen molar-refractivity contribution in [3.05, 3.63) is 0 Å². The van der Waals surface area contributed by atoms with Crippen molar-refractivity contribution in [1.82, 2.24) is 0 Å². The lowest BCUT2D eigenvalue weighted by atomic mass is 9.94. The minimum atomic E-state index is 0.314. The van der Waals surface area contributed by atoms with Crippen LogP contribution in [0.2, 0.25) is 0 Å². The van der Waals surface area contributed by atoms with E-state index in [0.717, 1.165) is 12.8 Å². The van der Waals surface area contributed by atoms with E-state index in [2.05, 4.69) is 4.99 Å². The number of hydrogen-bond acceptors (Lipinski definition) is 3. The van der Waals surface area contributed by atoms with Crippen molar-refractivity contribution < 1.29 is 4.74 Å². The van der Waals surface area contributed by atoms with E-state index in [1.165, 1.54) is 12.8 Å². The van der Waals surface area contributed by atoms with Gasteiger partial charge in [0.15, 0.2) is 0 Å². The van der Waals surface area contributed by atoms with Crippen molar-refractivity contribution in [2.24, 2.45) is 10.7 Å². The SMILES string of the molecule is NC1=N[C@H]2CCCC[C@@H]2O1. The molecule has 2 N–H and O–H groups in total. The normalized spacial score (nSPS) is 38.2. The van der Waals surface area contributed by atoms with Crippen LogP contribution < -0.4 is 5.73 Å². The number of nitrogens with two attached hydrogens (primary N) is 1. The average Bonchev–Trinajstić information content (AvgIpc) is 2.27. The number of hydrogen-bond donors (Lipinski definition) is 1. The second kappa shape index (κ2) is 2.15. The maximum absolute atomic E-state index is 5.42. The number of nitrogens with zero attached hydrogens (tertiary/aromatic N) is 1. The summed E-state index contributed by atoms with van der Waals surface area (Å²) < 4.78 is 5.29. The van der Waals surface area contributed by atoms with Crippen LogP contribution in [0.15, 0.2) is 4.99 Å². The third kappa shape index (κ3) is 0.856. The van der Waals surface area contributed by atoms with Crippen LogP contribution in [0.3, 0.4) is 0 Å². The van der Waals surface area contributed by atoms with Gasteiger partial charge in [0.1, 0.15) is 6.10 Å². The van der Waals surface area contributed by atoms with Gasteiger partial charge in [0, 0.05) is 0 Å². The Hall–Kier alpha value is -0.730. The molecule has 1 aliphatic carbocycles. The topological polar surface area (TPSA) is 47.6 Å². The molecule has 1 aliphatic heterocycles. The van der Waals surface area contributed by atoms with Gasteiger partial charge in [-0.3, -0.25) is 0 Å². The first kappa shape index (κ1) is 6.01. The lowest BCUT2D eigenvalue weighted by molar-refractivity contribution is 0.151. The molecule has 3 heteroatoms. The van der Waals surface area contributed by atoms with Gasteiger partial charge in [-0.05, 0) is 19.3 Å². The Balaban J connectivity index is 2.06. The van der Waals surface area contributed by atoms with Crippen LogP contribution in [0.5, 0.6) is 0 Å². The number of ether oxygens (including phenoxy) is 1. The Bertz CT molecular complexity index is 167. The molecular formula is C7H12N2O. The van der Waals surface area contributed by atoms with Gasteiger partial charge in [-0.25, -0.2) is 4.99 Å². The molecule has 3 nitrogen and oxygen atoms in total. The van der Waals surface area contributed by atoms with Crippen molar-refractivity contribution in [2.75, 3.05) is 0 Å². The molecule has 0 spiro atoms. The Morgan fingerprint density at radius 1 is 1.40 bits per heavy atom. The van der Waals surface area contributed by atoms with Gasteiger partial charge in [-0.1, -0.05) is 6.42 Å². The van der Waals surface area contributed by atoms with E-state index in [1.54, 1.807) is 0 Å². The largest absolute Gasteiger partial charge is 0.460 e. The molecule has 1 saturated carbocycles. The van der Waals surface area contributed by atoms with Crippen LogP contribution >= 0.6 is 0 Å². The molecule has 0 radical (unpaired) electrons. The molecule has 0 amide bonds. The molecule has 0 aromatic rings. The molecule has 2 rings (SSSR count). The maximum atomic E-state index is 5.42. The summed E-state index contributed by atoms with van der Waals surface area (Å²) in [7, 11) is 0.